The number of ether oxygens (including phenoxy) is 3. The van der Waals surface area contributed by atoms with E-state index in [0.717, 1.165) is 0 Å². The summed E-state index contributed by atoms with van der Waals surface area (Å²) in [6.45, 7) is 3.76. The van der Waals surface area contributed by atoms with Crippen LogP contribution in [0.4, 0.5) is 0 Å². The molecule has 0 saturated heterocycles. The van der Waals surface area contributed by atoms with E-state index in [2.05, 4.69) is 0 Å². The molecule has 1 heterocycles. The quantitative estimate of drug-likeness (QED) is 0.794. The van der Waals surface area contributed by atoms with Crippen LogP contribution in [0.2, 0.25) is 0 Å². The van der Waals surface area contributed by atoms with Crippen molar-refractivity contribution in [2.24, 2.45) is 0 Å². The van der Waals surface area contributed by atoms with Gasteiger partial charge in [0.15, 0.2) is 0 Å². The maximum absolute atomic E-state index is 11.8. The molecule has 2 aromatic rings. The first-order valence-electron chi connectivity index (χ1n) is 5.93. The summed E-state index contributed by atoms with van der Waals surface area (Å²) in [6.07, 6.45) is -0.0638. The molecule has 0 saturated carbocycles. The van der Waals surface area contributed by atoms with Gasteiger partial charge in [-0.1, -0.05) is 6.07 Å². The first-order chi connectivity index (χ1) is 9.08. The summed E-state index contributed by atoms with van der Waals surface area (Å²) in [5, 5.41) is 1.25. The molecule has 5 heteroatoms. The summed E-state index contributed by atoms with van der Waals surface area (Å²) < 4.78 is 21.0. The molecular formula is C14H16O5. The third kappa shape index (κ3) is 2.36. The van der Waals surface area contributed by atoms with Crippen LogP contribution in [0, 0.1) is 0 Å². The Morgan fingerprint density at radius 2 is 2.00 bits per heavy atom. The van der Waals surface area contributed by atoms with Gasteiger partial charge in [0.1, 0.15) is 5.75 Å². The van der Waals surface area contributed by atoms with Crippen molar-refractivity contribution in [3.8, 4) is 11.7 Å². The molecule has 0 atom stereocenters. The average Bonchev–Trinajstić information content (AvgIpc) is 2.76. The van der Waals surface area contributed by atoms with Crippen molar-refractivity contribution in [2.75, 3.05) is 14.2 Å². The van der Waals surface area contributed by atoms with Gasteiger partial charge in [0.2, 0.25) is 5.76 Å². The summed E-state index contributed by atoms with van der Waals surface area (Å²) in [5.41, 5.74) is 0. The van der Waals surface area contributed by atoms with Gasteiger partial charge in [-0.05, 0) is 26.0 Å². The second kappa shape index (κ2) is 5.22. The van der Waals surface area contributed by atoms with E-state index in [9.17, 15) is 4.79 Å². The second-order valence-electron chi connectivity index (χ2n) is 4.26. The van der Waals surface area contributed by atoms with Gasteiger partial charge >= 0.3 is 5.97 Å². The number of esters is 1. The van der Waals surface area contributed by atoms with E-state index in [0.29, 0.717) is 22.5 Å². The molecule has 0 N–H and O–H groups in total. The van der Waals surface area contributed by atoms with Gasteiger partial charge in [-0.2, -0.15) is 0 Å². The van der Waals surface area contributed by atoms with Crippen LogP contribution in [0.25, 0.3) is 10.8 Å². The smallest absolute Gasteiger partial charge is 0.374 e. The van der Waals surface area contributed by atoms with Crippen molar-refractivity contribution < 1.29 is 23.4 Å². The van der Waals surface area contributed by atoms with Gasteiger partial charge in [-0.3, -0.25) is 0 Å². The van der Waals surface area contributed by atoms with E-state index in [-0.39, 0.29) is 11.9 Å². The van der Waals surface area contributed by atoms with Crippen molar-refractivity contribution in [1.29, 1.82) is 0 Å². The molecule has 2 rings (SSSR count). The molecule has 102 valence electrons. The standard InChI is InChI=1S/C14H16O5/c1-8(2)18-14-9-6-5-7-10(16-3)11(9)12(19-14)13(15)17-4/h5-8H,1-4H3. The van der Waals surface area contributed by atoms with E-state index in [1.54, 1.807) is 6.07 Å². The number of fused-ring (bicyclic) bond motifs is 1. The Balaban J connectivity index is 2.69. The lowest BCUT2D eigenvalue weighted by atomic mass is 10.1. The van der Waals surface area contributed by atoms with Crippen LogP contribution in [0.5, 0.6) is 11.7 Å². The molecule has 0 aliphatic rings. The fourth-order valence-corrected chi connectivity index (χ4v) is 1.84. The lowest BCUT2D eigenvalue weighted by molar-refractivity contribution is 0.0555. The van der Waals surface area contributed by atoms with E-state index in [1.165, 1.54) is 14.2 Å². The normalized spacial score (nSPS) is 10.8. The summed E-state index contributed by atoms with van der Waals surface area (Å²) in [4.78, 5) is 11.8. The van der Waals surface area contributed by atoms with Crippen LogP contribution < -0.4 is 9.47 Å². The molecule has 1 aromatic heterocycles. The minimum absolute atomic E-state index is 0.0638. The first-order valence-corrected chi connectivity index (χ1v) is 5.93. The number of hydrogen-bond acceptors (Lipinski definition) is 5. The van der Waals surface area contributed by atoms with E-state index in [1.807, 2.05) is 26.0 Å². The largest absolute Gasteiger partial charge is 0.496 e. The molecule has 0 aliphatic carbocycles. The predicted molar refractivity (Wildman–Crippen MR) is 69.9 cm³/mol. The van der Waals surface area contributed by atoms with Crippen LogP contribution in [0.15, 0.2) is 22.6 Å². The highest BCUT2D eigenvalue weighted by molar-refractivity contribution is 6.07. The Morgan fingerprint density at radius 3 is 2.58 bits per heavy atom. The van der Waals surface area contributed by atoms with Crippen LogP contribution in [0.1, 0.15) is 24.4 Å². The third-order valence-corrected chi connectivity index (χ3v) is 2.60. The Hall–Kier alpha value is -2.17. The Bertz CT molecular complexity index is 597. The number of rotatable bonds is 4. The van der Waals surface area contributed by atoms with E-state index >= 15 is 0 Å². The Labute approximate surface area is 111 Å². The molecular weight excluding hydrogens is 248 g/mol. The number of hydrogen-bond donors (Lipinski definition) is 0. The minimum atomic E-state index is -0.562. The molecule has 0 amide bonds. The molecule has 0 fully saturated rings. The predicted octanol–water partition coefficient (Wildman–Crippen LogP) is 3.02. The molecule has 5 nitrogen and oxygen atoms in total. The second-order valence-corrected chi connectivity index (χ2v) is 4.26. The Kier molecular flexibility index (Phi) is 3.64. The summed E-state index contributed by atoms with van der Waals surface area (Å²) in [7, 11) is 2.83. The number of furan rings is 1. The molecule has 0 aliphatic heterocycles. The van der Waals surface area contributed by atoms with Gasteiger partial charge in [0.25, 0.3) is 5.95 Å². The van der Waals surface area contributed by atoms with Gasteiger partial charge in [-0.25, -0.2) is 4.79 Å². The summed E-state index contributed by atoms with van der Waals surface area (Å²) in [6, 6.07) is 5.37. The third-order valence-electron chi connectivity index (χ3n) is 2.60. The van der Waals surface area contributed by atoms with Gasteiger partial charge in [-0.15, -0.1) is 0 Å². The number of carbonyl (C=O) groups excluding carboxylic acids is 1. The number of carbonyl (C=O) groups is 1. The molecule has 0 spiro atoms. The number of methoxy groups -OCH3 is 2. The zero-order valence-corrected chi connectivity index (χ0v) is 11.4. The fraction of sp³-hybridized carbons (Fsp3) is 0.357. The summed E-state index contributed by atoms with van der Waals surface area (Å²) in [5.74, 6) is 0.364. The lowest BCUT2D eigenvalue weighted by Gasteiger charge is -2.06. The Morgan fingerprint density at radius 1 is 1.26 bits per heavy atom. The van der Waals surface area contributed by atoms with Crippen LogP contribution in [0.3, 0.4) is 0 Å². The van der Waals surface area contributed by atoms with E-state index < -0.39 is 5.97 Å². The highest BCUT2D eigenvalue weighted by Gasteiger charge is 2.24. The lowest BCUT2D eigenvalue weighted by Crippen LogP contribution is -2.05. The first kappa shape index (κ1) is 13.3. The fourth-order valence-electron chi connectivity index (χ4n) is 1.84. The van der Waals surface area contributed by atoms with Gasteiger partial charge in [0.05, 0.1) is 31.1 Å². The molecule has 0 radical (unpaired) electrons. The van der Waals surface area contributed by atoms with Gasteiger partial charge in [0, 0.05) is 0 Å². The molecule has 0 bridgehead atoms. The monoisotopic (exact) mass is 264 g/mol. The highest BCUT2D eigenvalue weighted by atomic mass is 16.6. The van der Waals surface area contributed by atoms with Crippen molar-refractivity contribution in [3.63, 3.8) is 0 Å². The maximum atomic E-state index is 11.8. The van der Waals surface area contributed by atoms with Crippen molar-refractivity contribution in [3.05, 3.63) is 24.0 Å². The van der Waals surface area contributed by atoms with Crippen molar-refractivity contribution >= 4 is 16.7 Å². The number of benzene rings is 1. The average molecular weight is 264 g/mol. The summed E-state index contributed by atoms with van der Waals surface area (Å²) >= 11 is 0. The highest BCUT2D eigenvalue weighted by Crippen LogP contribution is 2.38. The van der Waals surface area contributed by atoms with Gasteiger partial charge < -0.3 is 18.6 Å². The van der Waals surface area contributed by atoms with Crippen molar-refractivity contribution in [1.82, 2.24) is 0 Å². The topological polar surface area (TPSA) is 57.9 Å². The zero-order chi connectivity index (χ0) is 14.0. The van der Waals surface area contributed by atoms with Crippen molar-refractivity contribution in [2.45, 2.75) is 20.0 Å². The maximum Gasteiger partial charge on any atom is 0.374 e. The van der Waals surface area contributed by atoms with Crippen LogP contribution >= 0.6 is 0 Å². The van der Waals surface area contributed by atoms with E-state index in [4.69, 9.17) is 18.6 Å². The molecule has 0 unspecified atom stereocenters. The van der Waals surface area contributed by atoms with Crippen LogP contribution in [-0.2, 0) is 4.74 Å². The minimum Gasteiger partial charge on any atom is -0.496 e. The molecule has 19 heavy (non-hydrogen) atoms. The SMILES string of the molecule is COC(=O)c1oc(OC(C)C)c2cccc(OC)c12. The molecule has 1 aromatic carbocycles. The van der Waals surface area contributed by atoms with Crippen LogP contribution in [-0.4, -0.2) is 26.3 Å². The zero-order valence-electron chi connectivity index (χ0n) is 11.4.